The van der Waals surface area contributed by atoms with Crippen LogP contribution in [-0.2, 0) is 11.4 Å². The van der Waals surface area contributed by atoms with E-state index in [0.29, 0.717) is 30.3 Å². The fourth-order valence-corrected chi connectivity index (χ4v) is 5.62. The van der Waals surface area contributed by atoms with E-state index in [4.69, 9.17) is 14.8 Å². The lowest BCUT2D eigenvalue weighted by Crippen LogP contribution is -2.39. The minimum Gasteiger partial charge on any atom is -0.485 e. The Kier molecular flexibility index (Phi) is 8.41. The first-order valence-corrected chi connectivity index (χ1v) is 13.7. The molecule has 0 atom stereocenters. The Morgan fingerprint density at radius 3 is 2.51 bits per heavy atom. The zero-order chi connectivity index (χ0) is 27.4. The Bertz CT molecular complexity index is 1320. The van der Waals surface area contributed by atoms with Gasteiger partial charge in [-0.05, 0) is 79.8 Å². The van der Waals surface area contributed by atoms with Gasteiger partial charge in [0.15, 0.2) is 11.6 Å². The number of ether oxygens (including phenoxy) is 1. The summed E-state index contributed by atoms with van der Waals surface area (Å²) in [6.45, 7) is 4.80. The predicted molar refractivity (Wildman–Crippen MR) is 147 cm³/mol. The van der Waals surface area contributed by atoms with Crippen molar-refractivity contribution in [1.82, 2.24) is 9.88 Å². The van der Waals surface area contributed by atoms with Gasteiger partial charge in [0, 0.05) is 37.8 Å². The Morgan fingerprint density at radius 2 is 1.79 bits per heavy atom. The van der Waals surface area contributed by atoms with Gasteiger partial charge in [-0.25, -0.2) is 13.8 Å². The van der Waals surface area contributed by atoms with E-state index in [-0.39, 0.29) is 18.3 Å². The molecule has 3 aromatic rings. The molecule has 2 aliphatic heterocycles. The van der Waals surface area contributed by atoms with Crippen molar-refractivity contribution < 1.29 is 23.4 Å². The number of amides is 1. The Balaban J connectivity index is 1.32. The molecule has 5 rings (SSSR count). The van der Waals surface area contributed by atoms with Gasteiger partial charge in [0.05, 0.1) is 5.69 Å². The topological polar surface area (TPSA) is 65.9 Å². The Labute approximate surface area is 228 Å². The smallest absolute Gasteiger partial charge is 0.248 e. The van der Waals surface area contributed by atoms with Crippen molar-refractivity contribution in [3.8, 4) is 17.0 Å². The number of benzene rings is 2. The molecule has 206 valence electrons. The number of piperidine rings is 2. The van der Waals surface area contributed by atoms with Crippen LogP contribution in [0.4, 0.5) is 14.6 Å². The van der Waals surface area contributed by atoms with Gasteiger partial charge < -0.3 is 19.6 Å². The summed E-state index contributed by atoms with van der Waals surface area (Å²) >= 11 is 0. The molecule has 6 nitrogen and oxygen atoms in total. The number of pyridine rings is 1. The number of carbonyl (C=O) groups excluding carboxylic acids is 1. The van der Waals surface area contributed by atoms with Crippen LogP contribution in [0.25, 0.3) is 11.3 Å². The molecule has 0 unspecified atom stereocenters. The molecule has 2 aliphatic rings. The normalized spacial score (nSPS) is 16.4. The molecular formula is C31H35F2N3O3. The highest BCUT2D eigenvalue weighted by molar-refractivity contribution is 5.77. The average molecular weight is 536 g/mol. The molecule has 1 N–H and O–H groups in total. The Morgan fingerprint density at radius 1 is 1.03 bits per heavy atom. The summed E-state index contributed by atoms with van der Waals surface area (Å²) in [4.78, 5) is 20.4. The molecule has 0 saturated carbocycles. The number of aliphatic hydroxyl groups is 1. The lowest BCUT2D eigenvalue weighted by atomic mass is 9.88. The van der Waals surface area contributed by atoms with Gasteiger partial charge in [-0.15, -0.1) is 0 Å². The van der Waals surface area contributed by atoms with Crippen LogP contribution in [-0.4, -0.2) is 53.7 Å². The summed E-state index contributed by atoms with van der Waals surface area (Å²) in [6, 6.07) is 13.9. The first-order valence-electron chi connectivity index (χ1n) is 13.7. The standard InChI is InChI=1S/C31H35F2N3O3/c1-21-16-23(22-10-14-36(15-11-22)30(38)19-37)8-9-24(21)20-39-31-26(17-25(32)18-27(31)33)28-6-5-7-29(34-28)35-12-3-2-4-13-35/h5-9,16-18,22,37H,2-4,10-15,19-20H2,1H3. The third kappa shape index (κ3) is 6.22. The zero-order valence-electron chi connectivity index (χ0n) is 22.3. The number of aromatic nitrogens is 1. The van der Waals surface area contributed by atoms with Crippen LogP contribution in [0.1, 0.15) is 54.7 Å². The van der Waals surface area contributed by atoms with E-state index >= 15 is 4.39 Å². The van der Waals surface area contributed by atoms with E-state index in [9.17, 15) is 9.18 Å². The number of rotatable bonds is 7. The number of aryl methyl sites for hydroxylation is 1. The number of halogens is 2. The van der Waals surface area contributed by atoms with Gasteiger partial charge in [0.25, 0.3) is 0 Å². The lowest BCUT2D eigenvalue weighted by Gasteiger charge is -2.32. The highest BCUT2D eigenvalue weighted by Crippen LogP contribution is 2.35. The molecule has 0 bridgehead atoms. The highest BCUT2D eigenvalue weighted by Gasteiger charge is 2.24. The lowest BCUT2D eigenvalue weighted by molar-refractivity contribution is -0.135. The summed E-state index contributed by atoms with van der Waals surface area (Å²) in [6.07, 6.45) is 5.10. The van der Waals surface area contributed by atoms with Crippen LogP contribution < -0.4 is 9.64 Å². The first-order chi connectivity index (χ1) is 18.9. The van der Waals surface area contributed by atoms with Gasteiger partial charge in [-0.1, -0.05) is 24.3 Å². The minimum absolute atomic E-state index is 0.0101. The van der Waals surface area contributed by atoms with Gasteiger partial charge >= 0.3 is 0 Å². The summed E-state index contributed by atoms with van der Waals surface area (Å²) < 4.78 is 35.4. The number of hydrogen-bond donors (Lipinski definition) is 1. The average Bonchev–Trinajstić information content (AvgIpc) is 2.97. The van der Waals surface area contributed by atoms with E-state index < -0.39 is 18.2 Å². The van der Waals surface area contributed by atoms with Crippen LogP contribution in [0.15, 0.2) is 48.5 Å². The summed E-state index contributed by atoms with van der Waals surface area (Å²) in [7, 11) is 0. The molecule has 0 spiro atoms. The van der Waals surface area contributed by atoms with Crippen molar-refractivity contribution in [2.75, 3.05) is 37.7 Å². The number of aliphatic hydroxyl groups excluding tert-OH is 1. The quantitative estimate of drug-likeness (QED) is 0.427. The minimum atomic E-state index is -0.756. The van der Waals surface area contributed by atoms with Crippen LogP contribution in [0.2, 0.25) is 0 Å². The van der Waals surface area contributed by atoms with E-state index in [1.54, 1.807) is 11.0 Å². The number of hydrogen-bond acceptors (Lipinski definition) is 5. The van der Waals surface area contributed by atoms with E-state index in [1.165, 1.54) is 18.1 Å². The molecule has 39 heavy (non-hydrogen) atoms. The van der Waals surface area contributed by atoms with E-state index in [1.807, 2.05) is 25.1 Å². The number of nitrogens with zero attached hydrogens (tertiary/aromatic N) is 3. The van der Waals surface area contributed by atoms with E-state index in [0.717, 1.165) is 61.8 Å². The molecular weight excluding hydrogens is 500 g/mol. The van der Waals surface area contributed by atoms with Crippen molar-refractivity contribution in [1.29, 1.82) is 0 Å². The van der Waals surface area contributed by atoms with Crippen molar-refractivity contribution in [3.63, 3.8) is 0 Å². The molecule has 2 saturated heterocycles. The second kappa shape index (κ2) is 12.1. The van der Waals surface area contributed by atoms with Crippen molar-refractivity contribution in [2.24, 2.45) is 0 Å². The van der Waals surface area contributed by atoms with Crippen LogP contribution in [0.5, 0.6) is 5.75 Å². The predicted octanol–water partition coefficient (Wildman–Crippen LogP) is 5.60. The van der Waals surface area contributed by atoms with Crippen LogP contribution in [0, 0.1) is 18.6 Å². The fraction of sp³-hybridized carbons (Fsp3) is 0.419. The van der Waals surface area contributed by atoms with Crippen molar-refractivity contribution in [3.05, 3.63) is 76.9 Å². The maximum Gasteiger partial charge on any atom is 0.248 e. The summed E-state index contributed by atoms with van der Waals surface area (Å²) in [5.41, 5.74) is 3.90. The molecule has 0 radical (unpaired) electrons. The Hall–Kier alpha value is -3.52. The number of carbonyl (C=O) groups is 1. The first kappa shape index (κ1) is 27.1. The van der Waals surface area contributed by atoms with Crippen LogP contribution in [0.3, 0.4) is 0 Å². The van der Waals surface area contributed by atoms with Gasteiger partial charge in [-0.3, -0.25) is 4.79 Å². The number of likely N-dealkylation sites (tertiary alicyclic amines) is 1. The van der Waals surface area contributed by atoms with Crippen molar-refractivity contribution >= 4 is 11.7 Å². The van der Waals surface area contributed by atoms with Crippen LogP contribution >= 0.6 is 0 Å². The molecule has 1 amide bonds. The summed E-state index contributed by atoms with van der Waals surface area (Å²) in [5, 5.41) is 9.10. The highest BCUT2D eigenvalue weighted by atomic mass is 19.1. The molecule has 3 heterocycles. The van der Waals surface area contributed by atoms with Crippen molar-refractivity contribution in [2.45, 2.75) is 51.6 Å². The largest absolute Gasteiger partial charge is 0.485 e. The summed E-state index contributed by atoms with van der Waals surface area (Å²) in [5.74, 6) is -0.524. The van der Waals surface area contributed by atoms with Gasteiger partial charge in [-0.2, -0.15) is 0 Å². The number of anilines is 1. The molecule has 2 aromatic carbocycles. The molecule has 0 aliphatic carbocycles. The maximum atomic E-state index is 15.0. The second-order valence-corrected chi connectivity index (χ2v) is 10.5. The van der Waals surface area contributed by atoms with Gasteiger partial charge in [0.1, 0.15) is 24.8 Å². The third-order valence-corrected chi connectivity index (χ3v) is 7.89. The zero-order valence-corrected chi connectivity index (χ0v) is 22.3. The molecule has 1 aromatic heterocycles. The molecule has 8 heteroatoms. The molecule has 2 fully saturated rings. The fourth-order valence-electron chi connectivity index (χ4n) is 5.62. The monoisotopic (exact) mass is 535 g/mol. The van der Waals surface area contributed by atoms with Gasteiger partial charge in [0.2, 0.25) is 5.91 Å². The maximum absolute atomic E-state index is 15.0. The second-order valence-electron chi connectivity index (χ2n) is 10.5. The van der Waals surface area contributed by atoms with E-state index in [2.05, 4.69) is 17.0 Å². The SMILES string of the molecule is Cc1cc(C2CCN(C(=O)CO)CC2)ccc1COc1c(F)cc(F)cc1-c1cccc(N2CCCCC2)n1. The third-order valence-electron chi connectivity index (χ3n) is 7.89.